The number of benzene rings is 3. The molecule has 1 aliphatic rings. The Morgan fingerprint density at radius 1 is 0.950 bits per heavy atom. The molecule has 0 aliphatic carbocycles. The fraction of sp³-hybridized carbons (Fsp3) is 0.214. The largest absolute Gasteiger partial charge is 0.478 e. The lowest BCUT2D eigenvalue weighted by molar-refractivity contribution is -0.137. The van der Waals surface area contributed by atoms with Gasteiger partial charge in [0.05, 0.1) is 28.1 Å². The van der Waals surface area contributed by atoms with E-state index in [1.54, 1.807) is 24.3 Å². The Morgan fingerprint density at radius 2 is 1.62 bits per heavy atom. The topological polar surface area (TPSA) is 102 Å². The van der Waals surface area contributed by atoms with Gasteiger partial charge in [0.2, 0.25) is 0 Å². The Kier molecular flexibility index (Phi) is 8.73. The zero-order valence-electron chi connectivity index (χ0n) is 21.0. The van der Waals surface area contributed by atoms with Crippen molar-refractivity contribution in [2.24, 2.45) is 5.10 Å². The van der Waals surface area contributed by atoms with Crippen molar-refractivity contribution in [3.05, 3.63) is 94.0 Å². The number of nitrogens with one attached hydrogen (secondary N) is 1. The number of urea groups is 1. The van der Waals surface area contributed by atoms with Gasteiger partial charge in [0, 0.05) is 24.3 Å². The van der Waals surface area contributed by atoms with E-state index in [0.29, 0.717) is 0 Å². The van der Waals surface area contributed by atoms with Gasteiger partial charge in [0.15, 0.2) is 0 Å². The molecular weight excluding hydrogens is 549 g/mol. The van der Waals surface area contributed by atoms with Crippen LogP contribution < -0.4 is 15.2 Å². The summed E-state index contributed by atoms with van der Waals surface area (Å²) in [6.45, 7) is 1.78. The third-order valence-electron chi connectivity index (χ3n) is 6.26. The normalized spacial score (nSPS) is 13.8. The van der Waals surface area contributed by atoms with Gasteiger partial charge in [-0.25, -0.2) is 19.9 Å². The summed E-state index contributed by atoms with van der Waals surface area (Å²) in [7, 11) is 0. The van der Waals surface area contributed by atoms with Crippen LogP contribution in [0, 0.1) is 0 Å². The van der Waals surface area contributed by atoms with Crippen LogP contribution in [-0.2, 0) is 6.18 Å². The van der Waals surface area contributed by atoms with Gasteiger partial charge in [-0.1, -0.05) is 23.7 Å². The van der Waals surface area contributed by atoms with Gasteiger partial charge in [-0.3, -0.25) is 4.79 Å². The Bertz CT molecular complexity index is 1440. The van der Waals surface area contributed by atoms with Crippen molar-refractivity contribution < 1.29 is 32.7 Å². The number of imide groups is 1. The van der Waals surface area contributed by atoms with Crippen LogP contribution in [0.2, 0.25) is 5.02 Å². The second-order valence-electron chi connectivity index (χ2n) is 9.00. The van der Waals surface area contributed by atoms with Crippen LogP contribution in [0.1, 0.15) is 51.1 Å². The molecule has 8 nitrogen and oxygen atoms in total. The molecule has 208 valence electrons. The minimum Gasteiger partial charge on any atom is -0.478 e. The lowest BCUT2D eigenvalue weighted by Gasteiger charge is -2.29. The lowest BCUT2D eigenvalue weighted by Crippen LogP contribution is -2.42. The SMILES string of the molecule is O=C(O)c1cccc(C(=O)N(C(=O)NN=Cc2ccc(Cl)c(C(F)(F)F)c2)c2ccc(N3CCCCC3)cc2)c1. The fourth-order valence-electron chi connectivity index (χ4n) is 4.26. The summed E-state index contributed by atoms with van der Waals surface area (Å²) < 4.78 is 39.5. The molecule has 0 saturated carbocycles. The molecule has 40 heavy (non-hydrogen) atoms. The third kappa shape index (κ3) is 6.78. The number of piperidine rings is 1. The van der Waals surface area contributed by atoms with E-state index in [4.69, 9.17) is 11.6 Å². The Labute approximate surface area is 232 Å². The Hall–Kier alpha value is -4.38. The van der Waals surface area contributed by atoms with Crippen molar-refractivity contribution in [3.63, 3.8) is 0 Å². The highest BCUT2D eigenvalue weighted by Gasteiger charge is 2.33. The summed E-state index contributed by atoms with van der Waals surface area (Å²) in [6.07, 6.45) is -0.426. The van der Waals surface area contributed by atoms with Gasteiger partial charge >= 0.3 is 18.2 Å². The van der Waals surface area contributed by atoms with E-state index in [1.807, 2.05) is 0 Å². The lowest BCUT2D eigenvalue weighted by atomic mass is 10.1. The van der Waals surface area contributed by atoms with E-state index in [2.05, 4.69) is 15.4 Å². The number of hydrazone groups is 1. The van der Waals surface area contributed by atoms with Crippen LogP contribution in [0.25, 0.3) is 0 Å². The molecule has 3 aromatic rings. The molecule has 0 bridgehead atoms. The van der Waals surface area contributed by atoms with Crippen molar-refractivity contribution >= 4 is 47.1 Å². The van der Waals surface area contributed by atoms with E-state index in [1.165, 1.54) is 24.3 Å². The number of carboxylic acid groups (broad SMARTS) is 1. The number of alkyl halides is 3. The van der Waals surface area contributed by atoms with Crippen molar-refractivity contribution in [3.8, 4) is 0 Å². The molecule has 0 radical (unpaired) electrons. The standard InChI is InChI=1S/C28H24ClF3N4O4/c29-24-12-7-18(15-23(24)28(30,31)32)17-33-34-27(40)36(25(37)19-5-4-6-20(16-19)26(38)39)22-10-8-21(9-11-22)35-13-2-1-3-14-35/h4-12,15-17H,1-3,13-14H2,(H,34,40)(H,38,39). The maximum Gasteiger partial charge on any atom is 0.417 e. The van der Waals surface area contributed by atoms with Crippen LogP contribution >= 0.6 is 11.6 Å². The highest BCUT2D eigenvalue weighted by molar-refractivity contribution is 6.31. The van der Waals surface area contributed by atoms with Crippen LogP contribution in [0.3, 0.4) is 0 Å². The zero-order valence-corrected chi connectivity index (χ0v) is 21.7. The molecule has 1 heterocycles. The predicted octanol–water partition coefficient (Wildman–Crippen LogP) is 6.44. The number of amides is 3. The zero-order chi connectivity index (χ0) is 28.9. The van der Waals surface area contributed by atoms with Gasteiger partial charge in [-0.2, -0.15) is 18.3 Å². The molecule has 0 aromatic heterocycles. The predicted molar refractivity (Wildman–Crippen MR) is 145 cm³/mol. The number of aromatic carboxylic acids is 1. The molecule has 3 aromatic carbocycles. The highest BCUT2D eigenvalue weighted by Crippen LogP contribution is 2.35. The smallest absolute Gasteiger partial charge is 0.417 e. The van der Waals surface area contributed by atoms with Gasteiger partial charge in [0.1, 0.15) is 0 Å². The molecule has 2 N–H and O–H groups in total. The van der Waals surface area contributed by atoms with Gasteiger partial charge in [0.25, 0.3) is 5.91 Å². The Morgan fingerprint density at radius 3 is 2.27 bits per heavy atom. The molecule has 1 saturated heterocycles. The maximum atomic E-state index is 13.4. The van der Waals surface area contributed by atoms with Crippen LogP contribution in [0.4, 0.5) is 29.3 Å². The number of carbonyl (C=O) groups is 3. The van der Waals surface area contributed by atoms with E-state index in [9.17, 15) is 32.7 Å². The molecule has 0 unspecified atom stereocenters. The summed E-state index contributed by atoms with van der Waals surface area (Å²) in [4.78, 5) is 41.0. The van der Waals surface area contributed by atoms with Crippen molar-refractivity contribution in [2.75, 3.05) is 22.9 Å². The summed E-state index contributed by atoms with van der Waals surface area (Å²) in [5.74, 6) is -2.07. The van der Waals surface area contributed by atoms with Gasteiger partial charge < -0.3 is 10.0 Å². The van der Waals surface area contributed by atoms with E-state index in [-0.39, 0.29) is 22.4 Å². The minimum atomic E-state index is -4.68. The van der Waals surface area contributed by atoms with Crippen LogP contribution in [-0.4, -0.2) is 42.3 Å². The van der Waals surface area contributed by atoms with Crippen molar-refractivity contribution in [2.45, 2.75) is 25.4 Å². The molecule has 1 fully saturated rings. The molecule has 3 amide bonds. The van der Waals surface area contributed by atoms with Crippen molar-refractivity contribution in [1.82, 2.24) is 5.43 Å². The summed E-state index contributed by atoms with van der Waals surface area (Å²) >= 11 is 5.64. The number of hydrogen-bond donors (Lipinski definition) is 2. The molecule has 4 rings (SSSR count). The van der Waals surface area contributed by atoms with Crippen molar-refractivity contribution in [1.29, 1.82) is 0 Å². The van der Waals surface area contributed by atoms with E-state index >= 15 is 0 Å². The number of carboxylic acids is 1. The van der Waals surface area contributed by atoms with Gasteiger partial charge in [-0.05, 0) is 79.4 Å². The number of halogens is 4. The number of hydrogen-bond acceptors (Lipinski definition) is 5. The monoisotopic (exact) mass is 572 g/mol. The van der Waals surface area contributed by atoms with E-state index in [0.717, 1.165) is 67.4 Å². The molecular formula is C28H24ClF3N4O4. The van der Waals surface area contributed by atoms with Gasteiger partial charge in [-0.15, -0.1) is 0 Å². The fourth-order valence-corrected chi connectivity index (χ4v) is 4.48. The van der Waals surface area contributed by atoms with E-state index < -0.39 is 34.7 Å². The summed E-state index contributed by atoms with van der Waals surface area (Å²) in [6, 6.07) is 14.0. The first-order valence-corrected chi connectivity index (χ1v) is 12.6. The first-order chi connectivity index (χ1) is 19.0. The first kappa shape index (κ1) is 28.6. The third-order valence-corrected chi connectivity index (χ3v) is 6.59. The molecule has 0 atom stereocenters. The Balaban J connectivity index is 1.61. The second kappa shape index (κ2) is 12.2. The molecule has 0 spiro atoms. The highest BCUT2D eigenvalue weighted by atomic mass is 35.5. The number of rotatable bonds is 6. The van der Waals surface area contributed by atoms with Crippen LogP contribution in [0.5, 0.6) is 0 Å². The average molecular weight is 573 g/mol. The summed E-state index contributed by atoms with van der Waals surface area (Å²) in [5.41, 5.74) is 2.01. The second-order valence-corrected chi connectivity index (χ2v) is 9.41. The number of nitrogens with zero attached hydrogens (tertiary/aromatic N) is 3. The quantitative estimate of drug-likeness (QED) is 0.261. The number of anilines is 2. The summed E-state index contributed by atoms with van der Waals surface area (Å²) in [5, 5.41) is 12.6. The minimum absolute atomic E-state index is 0.00921. The number of carbonyl (C=O) groups excluding carboxylic acids is 2. The first-order valence-electron chi connectivity index (χ1n) is 12.3. The molecule has 1 aliphatic heterocycles. The average Bonchev–Trinajstić information content (AvgIpc) is 2.94. The van der Waals surface area contributed by atoms with Crippen LogP contribution in [0.15, 0.2) is 71.8 Å². The maximum absolute atomic E-state index is 13.4. The molecule has 12 heteroatoms.